The number of hydrogen-bond acceptors (Lipinski definition) is 2. The molecule has 3 heteroatoms. The SMILES string of the molecule is Cc1nc(CC=O)c[nH]1. The van der Waals surface area contributed by atoms with Gasteiger partial charge in [-0.3, -0.25) is 0 Å². The Morgan fingerprint density at radius 3 is 3.11 bits per heavy atom. The maximum Gasteiger partial charge on any atom is 0.125 e. The van der Waals surface area contributed by atoms with Crippen molar-refractivity contribution in [2.45, 2.75) is 13.3 Å². The average molecular weight is 124 g/mol. The van der Waals surface area contributed by atoms with Crippen LogP contribution in [0.4, 0.5) is 0 Å². The summed E-state index contributed by atoms with van der Waals surface area (Å²) in [5, 5.41) is 0. The molecule has 0 aromatic carbocycles. The summed E-state index contributed by atoms with van der Waals surface area (Å²) in [6.45, 7) is 1.86. The lowest BCUT2D eigenvalue weighted by Gasteiger charge is -1.78. The Bertz CT molecular complexity index is 205. The molecule has 0 unspecified atom stereocenters. The molecule has 0 aliphatic heterocycles. The molecular weight excluding hydrogens is 116 g/mol. The number of nitrogens with one attached hydrogen (secondary N) is 1. The van der Waals surface area contributed by atoms with Gasteiger partial charge in [0.2, 0.25) is 0 Å². The Hall–Kier alpha value is -1.12. The highest BCUT2D eigenvalue weighted by atomic mass is 16.1. The summed E-state index contributed by atoms with van der Waals surface area (Å²) >= 11 is 0. The fourth-order valence-corrected chi connectivity index (χ4v) is 0.658. The fraction of sp³-hybridized carbons (Fsp3) is 0.333. The molecule has 1 heterocycles. The molecule has 0 aliphatic carbocycles. The predicted molar refractivity (Wildman–Crippen MR) is 33.1 cm³/mol. The van der Waals surface area contributed by atoms with Gasteiger partial charge in [0.25, 0.3) is 0 Å². The van der Waals surface area contributed by atoms with E-state index in [9.17, 15) is 4.79 Å². The van der Waals surface area contributed by atoms with E-state index in [0.29, 0.717) is 6.42 Å². The van der Waals surface area contributed by atoms with Gasteiger partial charge < -0.3 is 9.78 Å². The monoisotopic (exact) mass is 124 g/mol. The van der Waals surface area contributed by atoms with Gasteiger partial charge in [0.15, 0.2) is 0 Å². The van der Waals surface area contributed by atoms with Crippen molar-refractivity contribution in [2.24, 2.45) is 0 Å². The van der Waals surface area contributed by atoms with Crippen molar-refractivity contribution < 1.29 is 4.79 Å². The number of H-pyrrole nitrogens is 1. The molecule has 0 saturated carbocycles. The van der Waals surface area contributed by atoms with Crippen LogP contribution in [0.5, 0.6) is 0 Å². The van der Waals surface area contributed by atoms with Crippen molar-refractivity contribution in [3.8, 4) is 0 Å². The lowest BCUT2D eigenvalue weighted by Crippen LogP contribution is -1.84. The first-order chi connectivity index (χ1) is 4.33. The van der Waals surface area contributed by atoms with Crippen LogP contribution in [0.3, 0.4) is 0 Å². The van der Waals surface area contributed by atoms with E-state index in [1.54, 1.807) is 6.20 Å². The lowest BCUT2D eigenvalue weighted by molar-refractivity contribution is -0.107. The number of aromatic amines is 1. The maximum atomic E-state index is 9.93. The van der Waals surface area contributed by atoms with Crippen LogP contribution in [-0.4, -0.2) is 16.3 Å². The van der Waals surface area contributed by atoms with E-state index in [0.717, 1.165) is 17.8 Å². The number of aromatic nitrogens is 2. The molecule has 0 bridgehead atoms. The van der Waals surface area contributed by atoms with Crippen LogP contribution < -0.4 is 0 Å². The van der Waals surface area contributed by atoms with Crippen LogP contribution in [0.1, 0.15) is 11.5 Å². The number of rotatable bonds is 2. The van der Waals surface area contributed by atoms with Crippen LogP contribution in [0.2, 0.25) is 0 Å². The van der Waals surface area contributed by atoms with Gasteiger partial charge >= 0.3 is 0 Å². The second-order valence-electron chi connectivity index (χ2n) is 1.85. The van der Waals surface area contributed by atoms with Crippen molar-refractivity contribution in [1.29, 1.82) is 0 Å². The quantitative estimate of drug-likeness (QED) is 0.582. The highest BCUT2D eigenvalue weighted by molar-refractivity contribution is 5.53. The number of imidazole rings is 1. The number of aldehydes is 1. The molecule has 0 aliphatic rings. The van der Waals surface area contributed by atoms with Crippen LogP contribution >= 0.6 is 0 Å². The van der Waals surface area contributed by atoms with E-state index in [1.165, 1.54) is 0 Å². The van der Waals surface area contributed by atoms with Crippen molar-refractivity contribution in [1.82, 2.24) is 9.97 Å². The zero-order valence-corrected chi connectivity index (χ0v) is 5.22. The number of carbonyl (C=O) groups is 1. The molecule has 9 heavy (non-hydrogen) atoms. The second-order valence-corrected chi connectivity index (χ2v) is 1.85. The molecule has 0 fully saturated rings. The van der Waals surface area contributed by atoms with Gasteiger partial charge in [0.1, 0.15) is 12.1 Å². The van der Waals surface area contributed by atoms with Crippen LogP contribution in [0.15, 0.2) is 6.20 Å². The van der Waals surface area contributed by atoms with E-state index in [1.807, 2.05) is 6.92 Å². The van der Waals surface area contributed by atoms with Crippen molar-refractivity contribution in [2.75, 3.05) is 0 Å². The standard InChI is InChI=1S/C6H8N2O/c1-5-7-4-6(8-5)2-3-9/h3-4H,2H2,1H3,(H,7,8). The maximum absolute atomic E-state index is 9.93. The van der Waals surface area contributed by atoms with Gasteiger partial charge in [-0.15, -0.1) is 0 Å². The average Bonchev–Trinajstić information content (AvgIpc) is 2.17. The molecule has 1 aromatic rings. The molecule has 1 rings (SSSR count). The van der Waals surface area contributed by atoms with Crippen molar-refractivity contribution in [3.05, 3.63) is 17.7 Å². The summed E-state index contributed by atoms with van der Waals surface area (Å²) in [7, 11) is 0. The van der Waals surface area contributed by atoms with Crippen molar-refractivity contribution >= 4 is 6.29 Å². The molecule has 0 radical (unpaired) electrons. The zero-order valence-electron chi connectivity index (χ0n) is 5.22. The Morgan fingerprint density at radius 2 is 2.67 bits per heavy atom. The summed E-state index contributed by atoms with van der Waals surface area (Å²) < 4.78 is 0. The van der Waals surface area contributed by atoms with Crippen LogP contribution in [0.25, 0.3) is 0 Å². The van der Waals surface area contributed by atoms with E-state index in [4.69, 9.17) is 0 Å². The third-order valence-corrected chi connectivity index (χ3v) is 1.05. The number of hydrogen-bond donors (Lipinski definition) is 1. The zero-order chi connectivity index (χ0) is 6.69. The first-order valence-corrected chi connectivity index (χ1v) is 2.77. The Labute approximate surface area is 53.1 Å². The smallest absolute Gasteiger partial charge is 0.125 e. The summed E-state index contributed by atoms with van der Waals surface area (Å²) in [6.07, 6.45) is 2.99. The van der Waals surface area contributed by atoms with E-state index < -0.39 is 0 Å². The van der Waals surface area contributed by atoms with Gasteiger partial charge in [0.05, 0.1) is 5.69 Å². The van der Waals surface area contributed by atoms with E-state index in [-0.39, 0.29) is 0 Å². The summed E-state index contributed by atoms with van der Waals surface area (Å²) in [4.78, 5) is 16.8. The molecule has 0 spiro atoms. The van der Waals surface area contributed by atoms with Crippen LogP contribution in [0, 0.1) is 6.92 Å². The van der Waals surface area contributed by atoms with Gasteiger partial charge in [0, 0.05) is 12.6 Å². The molecule has 1 N–H and O–H groups in total. The first-order valence-electron chi connectivity index (χ1n) is 2.77. The van der Waals surface area contributed by atoms with Crippen molar-refractivity contribution in [3.63, 3.8) is 0 Å². The largest absolute Gasteiger partial charge is 0.349 e. The molecular formula is C6H8N2O. The molecule has 48 valence electrons. The number of aryl methyl sites for hydroxylation is 1. The molecule has 0 atom stereocenters. The summed E-state index contributed by atoms with van der Waals surface area (Å²) in [6, 6.07) is 0. The summed E-state index contributed by atoms with van der Waals surface area (Å²) in [5.41, 5.74) is 0.808. The third kappa shape index (κ3) is 1.38. The van der Waals surface area contributed by atoms with Gasteiger partial charge in [-0.05, 0) is 6.92 Å². The number of nitrogens with zero attached hydrogens (tertiary/aromatic N) is 1. The molecule has 3 nitrogen and oxygen atoms in total. The topological polar surface area (TPSA) is 45.8 Å². The van der Waals surface area contributed by atoms with E-state index >= 15 is 0 Å². The normalized spacial score (nSPS) is 9.44. The minimum absolute atomic E-state index is 0.407. The minimum Gasteiger partial charge on any atom is -0.349 e. The van der Waals surface area contributed by atoms with E-state index in [2.05, 4.69) is 9.97 Å². The third-order valence-electron chi connectivity index (χ3n) is 1.05. The second kappa shape index (κ2) is 2.44. The molecule has 0 saturated heterocycles. The Balaban J connectivity index is 2.72. The van der Waals surface area contributed by atoms with Gasteiger partial charge in [-0.2, -0.15) is 0 Å². The fourth-order valence-electron chi connectivity index (χ4n) is 0.658. The molecule has 0 amide bonds. The first kappa shape index (κ1) is 6.01. The minimum atomic E-state index is 0.407. The number of carbonyl (C=O) groups excluding carboxylic acids is 1. The molecule has 1 aromatic heterocycles. The predicted octanol–water partition coefficient (Wildman–Crippen LogP) is 0.460. The highest BCUT2D eigenvalue weighted by Crippen LogP contribution is 1.93. The Morgan fingerprint density at radius 1 is 1.89 bits per heavy atom. The summed E-state index contributed by atoms with van der Waals surface area (Å²) in [5.74, 6) is 0.854. The van der Waals surface area contributed by atoms with Gasteiger partial charge in [-0.1, -0.05) is 0 Å². The highest BCUT2D eigenvalue weighted by Gasteiger charge is 1.93. The lowest BCUT2D eigenvalue weighted by atomic mass is 10.4. The van der Waals surface area contributed by atoms with Gasteiger partial charge in [-0.25, -0.2) is 4.98 Å². The Kier molecular flexibility index (Phi) is 1.63. The van der Waals surface area contributed by atoms with Crippen LogP contribution in [-0.2, 0) is 11.2 Å².